The summed E-state index contributed by atoms with van der Waals surface area (Å²) in [7, 11) is 0. The normalized spacial score (nSPS) is 11.3. The van der Waals surface area contributed by atoms with Gasteiger partial charge in [0.1, 0.15) is 0 Å². The van der Waals surface area contributed by atoms with Crippen LogP contribution in [0.4, 0.5) is 24.5 Å². The fourth-order valence-electron chi connectivity index (χ4n) is 1.22. The van der Waals surface area contributed by atoms with Gasteiger partial charge in [0, 0.05) is 17.9 Å². The maximum atomic E-state index is 11.9. The van der Waals surface area contributed by atoms with E-state index < -0.39 is 11.4 Å². The molecule has 0 atom stereocenters. The zero-order valence-corrected chi connectivity index (χ0v) is 10.1. The summed E-state index contributed by atoms with van der Waals surface area (Å²) in [5, 5.41) is 2.73. The molecule has 0 spiro atoms. The predicted molar refractivity (Wildman–Crippen MR) is 66.4 cm³/mol. The van der Waals surface area contributed by atoms with E-state index in [2.05, 4.69) is 5.32 Å². The zero-order chi connectivity index (χ0) is 13.8. The second-order valence-corrected chi connectivity index (χ2v) is 4.55. The van der Waals surface area contributed by atoms with Gasteiger partial charge in [-0.1, -0.05) is 0 Å². The third kappa shape index (κ3) is 4.74. The number of nitrogen functional groups attached to an aromatic ring is 1. The number of nitrogens with one attached hydrogen (secondary N) is 1. The molecule has 0 bridgehead atoms. The van der Waals surface area contributed by atoms with Crippen molar-refractivity contribution in [2.24, 2.45) is 5.73 Å². The van der Waals surface area contributed by atoms with Crippen LogP contribution in [0, 0.1) is 0 Å². The Kier molecular flexibility index (Phi) is 4.71. The number of nitrogens with two attached hydrogens (primary N) is 2. The fourth-order valence-corrected chi connectivity index (χ4v) is 1.65. The van der Waals surface area contributed by atoms with E-state index in [0.717, 1.165) is 0 Å². The van der Waals surface area contributed by atoms with Gasteiger partial charge in [-0.3, -0.25) is 4.79 Å². The number of anilines is 2. The Bertz CT molecular complexity index is 437. The first kappa shape index (κ1) is 14.5. The Labute approximate surface area is 106 Å². The molecule has 0 aromatic heterocycles. The van der Waals surface area contributed by atoms with Crippen LogP contribution < -0.4 is 16.8 Å². The number of hydrogen-bond acceptors (Lipinski definition) is 4. The third-order valence-corrected chi connectivity index (χ3v) is 2.76. The molecule has 0 saturated heterocycles. The molecule has 0 unspecified atom stereocenters. The molecule has 1 aromatic rings. The first-order valence-electron chi connectivity index (χ1n) is 4.93. The Balaban J connectivity index is 2.56. The second-order valence-electron chi connectivity index (χ2n) is 3.39. The number of benzene rings is 1. The van der Waals surface area contributed by atoms with Crippen LogP contribution in [0.25, 0.3) is 0 Å². The van der Waals surface area contributed by atoms with Crippen LogP contribution in [0.5, 0.6) is 0 Å². The van der Waals surface area contributed by atoms with Crippen LogP contribution >= 0.6 is 11.8 Å². The van der Waals surface area contributed by atoms with Crippen molar-refractivity contribution >= 4 is 29.0 Å². The highest BCUT2D eigenvalue weighted by Crippen LogP contribution is 2.30. The molecule has 100 valence electrons. The summed E-state index contributed by atoms with van der Waals surface area (Å²) in [4.78, 5) is 10.9. The lowest BCUT2D eigenvalue weighted by Crippen LogP contribution is -2.13. The van der Waals surface area contributed by atoms with Gasteiger partial charge in [0.2, 0.25) is 5.91 Å². The largest absolute Gasteiger partial charge is 0.441 e. The average molecular weight is 279 g/mol. The van der Waals surface area contributed by atoms with Crippen LogP contribution in [0.15, 0.2) is 18.2 Å². The molecule has 1 rings (SSSR count). The first-order chi connectivity index (χ1) is 8.29. The summed E-state index contributed by atoms with van der Waals surface area (Å²) < 4.78 is 35.6. The lowest BCUT2D eigenvalue weighted by Gasteiger charge is -2.11. The monoisotopic (exact) mass is 279 g/mol. The highest BCUT2D eigenvalue weighted by molar-refractivity contribution is 8.00. The number of hydrogen-bond donors (Lipinski definition) is 3. The molecule has 18 heavy (non-hydrogen) atoms. The summed E-state index contributed by atoms with van der Waals surface area (Å²) in [5.74, 6) is -0.772. The Morgan fingerprint density at radius 1 is 1.39 bits per heavy atom. The number of carbonyl (C=O) groups excluding carboxylic acids is 1. The number of amides is 1. The van der Waals surface area contributed by atoms with E-state index in [4.69, 9.17) is 11.5 Å². The van der Waals surface area contributed by atoms with Crippen LogP contribution in [0.3, 0.4) is 0 Å². The van der Waals surface area contributed by atoms with Gasteiger partial charge in [-0.05, 0) is 30.0 Å². The van der Waals surface area contributed by atoms with Gasteiger partial charge < -0.3 is 16.8 Å². The number of carbonyl (C=O) groups is 1. The molecule has 5 N–H and O–H groups in total. The molecular weight excluding hydrogens is 267 g/mol. The van der Waals surface area contributed by atoms with Crippen molar-refractivity contribution in [2.75, 3.05) is 23.3 Å². The molecule has 0 aliphatic heterocycles. The minimum Gasteiger partial charge on any atom is -0.397 e. The number of alkyl halides is 3. The third-order valence-electron chi connectivity index (χ3n) is 2.02. The van der Waals surface area contributed by atoms with E-state index in [1.165, 1.54) is 18.2 Å². The van der Waals surface area contributed by atoms with E-state index in [-0.39, 0.29) is 29.6 Å². The van der Waals surface area contributed by atoms with Crippen LogP contribution in [-0.4, -0.2) is 23.7 Å². The molecule has 1 amide bonds. The molecule has 4 nitrogen and oxygen atoms in total. The second kappa shape index (κ2) is 5.85. The van der Waals surface area contributed by atoms with Crippen molar-refractivity contribution in [3.8, 4) is 0 Å². The number of thioether (sulfide) groups is 1. The standard InChI is InChI=1S/C10H12F3N3OS/c11-10(12,13)18-4-3-16-8-5-6(9(15)17)1-2-7(8)14/h1-2,5,16H,3-4,14H2,(H2,15,17). The van der Waals surface area contributed by atoms with Gasteiger partial charge in [-0.2, -0.15) is 13.2 Å². The van der Waals surface area contributed by atoms with Crippen molar-refractivity contribution in [2.45, 2.75) is 5.51 Å². The van der Waals surface area contributed by atoms with Gasteiger partial charge in [0.25, 0.3) is 0 Å². The van der Waals surface area contributed by atoms with Crippen LogP contribution in [0.2, 0.25) is 0 Å². The number of halogens is 3. The summed E-state index contributed by atoms with van der Waals surface area (Å²) in [5.41, 5.74) is 7.44. The Hall–Kier alpha value is -1.57. The van der Waals surface area contributed by atoms with Crippen LogP contribution in [0.1, 0.15) is 10.4 Å². The molecule has 0 radical (unpaired) electrons. The topological polar surface area (TPSA) is 81.1 Å². The maximum absolute atomic E-state index is 11.9. The van der Waals surface area contributed by atoms with E-state index in [1.54, 1.807) is 0 Å². The molecular formula is C10H12F3N3OS. The van der Waals surface area contributed by atoms with Gasteiger partial charge >= 0.3 is 5.51 Å². The first-order valence-corrected chi connectivity index (χ1v) is 5.92. The molecule has 0 saturated carbocycles. The minimum absolute atomic E-state index is 0.0800. The fraction of sp³-hybridized carbons (Fsp3) is 0.300. The van der Waals surface area contributed by atoms with Crippen LogP contribution in [-0.2, 0) is 0 Å². The van der Waals surface area contributed by atoms with Gasteiger partial charge in [-0.15, -0.1) is 0 Å². The number of rotatable bonds is 5. The van der Waals surface area contributed by atoms with Gasteiger partial charge in [0.15, 0.2) is 0 Å². The van der Waals surface area contributed by atoms with Gasteiger partial charge in [-0.25, -0.2) is 0 Å². The van der Waals surface area contributed by atoms with E-state index in [9.17, 15) is 18.0 Å². The SMILES string of the molecule is NC(=O)c1ccc(N)c(NCCSC(F)(F)F)c1. The molecule has 0 heterocycles. The Morgan fingerprint density at radius 2 is 2.06 bits per heavy atom. The average Bonchev–Trinajstić information content (AvgIpc) is 2.24. The summed E-state index contributed by atoms with van der Waals surface area (Å²) in [6.45, 7) is 0.0800. The smallest absolute Gasteiger partial charge is 0.397 e. The van der Waals surface area contributed by atoms with Crippen molar-refractivity contribution in [1.29, 1.82) is 0 Å². The lowest BCUT2D eigenvalue weighted by atomic mass is 10.1. The molecule has 8 heteroatoms. The zero-order valence-electron chi connectivity index (χ0n) is 9.25. The van der Waals surface area contributed by atoms with Crippen molar-refractivity contribution in [1.82, 2.24) is 0 Å². The van der Waals surface area contributed by atoms with E-state index in [0.29, 0.717) is 11.4 Å². The predicted octanol–water partition coefficient (Wildman–Crippen LogP) is 2.03. The summed E-state index contributed by atoms with van der Waals surface area (Å²) >= 11 is -0.126. The van der Waals surface area contributed by atoms with Crippen molar-refractivity contribution in [3.05, 3.63) is 23.8 Å². The highest BCUT2D eigenvalue weighted by Gasteiger charge is 2.27. The molecule has 1 aromatic carbocycles. The molecule has 0 aliphatic carbocycles. The quantitative estimate of drug-likeness (QED) is 0.569. The van der Waals surface area contributed by atoms with E-state index >= 15 is 0 Å². The maximum Gasteiger partial charge on any atom is 0.441 e. The number of primary amides is 1. The summed E-state index contributed by atoms with van der Waals surface area (Å²) in [6.07, 6.45) is 0. The van der Waals surface area contributed by atoms with Crippen molar-refractivity contribution in [3.63, 3.8) is 0 Å². The Morgan fingerprint density at radius 3 is 2.61 bits per heavy atom. The highest BCUT2D eigenvalue weighted by atomic mass is 32.2. The molecule has 0 aliphatic rings. The van der Waals surface area contributed by atoms with Crippen molar-refractivity contribution < 1.29 is 18.0 Å². The summed E-state index contributed by atoms with van der Waals surface area (Å²) in [6, 6.07) is 4.34. The molecule has 0 fully saturated rings. The van der Waals surface area contributed by atoms with E-state index in [1.807, 2.05) is 0 Å². The minimum atomic E-state index is -4.25. The lowest BCUT2D eigenvalue weighted by molar-refractivity contribution is -0.0327. The van der Waals surface area contributed by atoms with Gasteiger partial charge in [0.05, 0.1) is 11.4 Å².